The summed E-state index contributed by atoms with van der Waals surface area (Å²) in [6.07, 6.45) is 0. The molecule has 0 bridgehead atoms. The lowest BCUT2D eigenvalue weighted by Gasteiger charge is -2.10. The smallest absolute Gasteiger partial charge is 0.211 e. The van der Waals surface area contributed by atoms with Gasteiger partial charge in [0.2, 0.25) is 10.0 Å². The molecule has 1 aromatic carbocycles. The average Bonchev–Trinajstić information content (AvgIpc) is 2.26. The molecule has 0 amide bonds. The van der Waals surface area contributed by atoms with E-state index in [-0.39, 0.29) is 5.92 Å². The fourth-order valence-corrected chi connectivity index (χ4v) is 2.55. The Morgan fingerprint density at radius 2 is 2.12 bits per heavy atom. The Kier molecular flexibility index (Phi) is 4.77. The van der Waals surface area contributed by atoms with Crippen LogP contribution in [0.15, 0.2) is 29.2 Å². The van der Waals surface area contributed by atoms with E-state index in [2.05, 4.69) is 4.72 Å². The summed E-state index contributed by atoms with van der Waals surface area (Å²) in [6, 6.07) is 6.82. The van der Waals surface area contributed by atoms with Crippen LogP contribution in [0.25, 0.3) is 0 Å². The molecule has 0 aliphatic carbocycles. The van der Waals surface area contributed by atoms with E-state index in [4.69, 9.17) is 11.6 Å². The van der Waals surface area contributed by atoms with E-state index in [9.17, 15) is 8.42 Å². The summed E-state index contributed by atoms with van der Waals surface area (Å²) in [5, 5.41) is 0. The van der Waals surface area contributed by atoms with Crippen LogP contribution in [0.3, 0.4) is 0 Å². The van der Waals surface area contributed by atoms with E-state index >= 15 is 0 Å². The third-order valence-corrected chi connectivity index (χ3v) is 4.13. The SMILES string of the molecule is Cc1cccc(S(=O)(=O)NCC(C)CCl)c1. The molecule has 90 valence electrons. The first-order valence-electron chi connectivity index (χ1n) is 5.08. The molecule has 0 spiro atoms. The second kappa shape index (κ2) is 5.66. The van der Waals surface area contributed by atoms with Gasteiger partial charge in [0, 0.05) is 12.4 Å². The van der Waals surface area contributed by atoms with Crippen LogP contribution in [-0.2, 0) is 10.0 Å². The maximum absolute atomic E-state index is 11.9. The van der Waals surface area contributed by atoms with Crippen molar-refractivity contribution in [3.63, 3.8) is 0 Å². The molecule has 16 heavy (non-hydrogen) atoms. The zero-order valence-electron chi connectivity index (χ0n) is 9.40. The lowest BCUT2D eigenvalue weighted by molar-refractivity contribution is 0.562. The molecule has 1 aromatic rings. The number of halogens is 1. The highest BCUT2D eigenvalue weighted by atomic mass is 35.5. The highest BCUT2D eigenvalue weighted by molar-refractivity contribution is 7.89. The van der Waals surface area contributed by atoms with Gasteiger partial charge in [-0.3, -0.25) is 0 Å². The predicted molar refractivity (Wildman–Crippen MR) is 66.3 cm³/mol. The van der Waals surface area contributed by atoms with Gasteiger partial charge < -0.3 is 0 Å². The molecule has 1 N–H and O–H groups in total. The standard InChI is InChI=1S/C11H16ClNO2S/c1-9-4-3-5-11(6-9)16(14,15)13-8-10(2)7-12/h3-6,10,13H,7-8H2,1-2H3. The molecule has 0 saturated carbocycles. The lowest BCUT2D eigenvalue weighted by Crippen LogP contribution is -2.29. The van der Waals surface area contributed by atoms with Gasteiger partial charge in [-0.2, -0.15) is 0 Å². The molecule has 0 aliphatic heterocycles. The quantitative estimate of drug-likeness (QED) is 0.826. The van der Waals surface area contributed by atoms with Crippen molar-refractivity contribution in [2.24, 2.45) is 5.92 Å². The van der Waals surface area contributed by atoms with Crippen LogP contribution < -0.4 is 4.72 Å². The Morgan fingerprint density at radius 3 is 2.69 bits per heavy atom. The molecule has 3 nitrogen and oxygen atoms in total. The summed E-state index contributed by atoms with van der Waals surface area (Å²) < 4.78 is 26.2. The number of benzene rings is 1. The van der Waals surface area contributed by atoms with Gasteiger partial charge in [-0.1, -0.05) is 19.1 Å². The van der Waals surface area contributed by atoms with Crippen molar-refractivity contribution in [2.45, 2.75) is 18.7 Å². The van der Waals surface area contributed by atoms with Gasteiger partial charge in [0.1, 0.15) is 0 Å². The number of alkyl halides is 1. The summed E-state index contributed by atoms with van der Waals surface area (Å²) in [5.74, 6) is 0.567. The Bertz CT molecular complexity index is 445. The largest absolute Gasteiger partial charge is 0.240 e. The minimum atomic E-state index is -3.40. The maximum atomic E-state index is 11.9. The van der Waals surface area contributed by atoms with Crippen molar-refractivity contribution in [3.8, 4) is 0 Å². The predicted octanol–water partition coefficient (Wildman–Crippen LogP) is 2.15. The van der Waals surface area contributed by atoms with Gasteiger partial charge in [0.25, 0.3) is 0 Å². The topological polar surface area (TPSA) is 46.2 Å². The van der Waals surface area contributed by atoms with Crippen molar-refractivity contribution in [1.29, 1.82) is 0 Å². The third kappa shape index (κ3) is 3.77. The van der Waals surface area contributed by atoms with Crippen molar-refractivity contribution >= 4 is 21.6 Å². The van der Waals surface area contributed by atoms with Gasteiger partial charge in [0.05, 0.1) is 4.90 Å². The lowest BCUT2D eigenvalue weighted by atomic mass is 10.2. The van der Waals surface area contributed by atoms with Gasteiger partial charge in [-0.15, -0.1) is 11.6 Å². The highest BCUT2D eigenvalue weighted by Gasteiger charge is 2.14. The molecular formula is C11H16ClNO2S. The fourth-order valence-electron chi connectivity index (χ4n) is 1.17. The Labute approximate surface area is 102 Å². The summed E-state index contributed by atoms with van der Waals surface area (Å²) >= 11 is 5.62. The summed E-state index contributed by atoms with van der Waals surface area (Å²) in [4.78, 5) is 0.300. The molecule has 1 unspecified atom stereocenters. The van der Waals surface area contributed by atoms with E-state index < -0.39 is 10.0 Å². The first kappa shape index (κ1) is 13.5. The molecule has 0 saturated heterocycles. The molecule has 1 atom stereocenters. The first-order chi connectivity index (χ1) is 7.45. The number of rotatable bonds is 5. The zero-order valence-corrected chi connectivity index (χ0v) is 11.0. The Morgan fingerprint density at radius 1 is 1.44 bits per heavy atom. The van der Waals surface area contributed by atoms with Crippen LogP contribution >= 0.6 is 11.6 Å². The first-order valence-corrected chi connectivity index (χ1v) is 7.10. The van der Waals surface area contributed by atoms with Crippen LogP contribution in [0, 0.1) is 12.8 Å². The number of hydrogen-bond donors (Lipinski definition) is 1. The van der Waals surface area contributed by atoms with E-state index in [1.54, 1.807) is 18.2 Å². The number of aryl methyl sites for hydroxylation is 1. The molecule has 0 fully saturated rings. The van der Waals surface area contributed by atoms with Crippen molar-refractivity contribution in [1.82, 2.24) is 4.72 Å². The number of hydrogen-bond acceptors (Lipinski definition) is 2. The minimum Gasteiger partial charge on any atom is -0.211 e. The van der Waals surface area contributed by atoms with E-state index in [0.717, 1.165) is 5.56 Å². The second-order valence-corrected chi connectivity index (χ2v) is 6.00. The van der Waals surface area contributed by atoms with E-state index in [1.807, 2.05) is 19.9 Å². The van der Waals surface area contributed by atoms with Gasteiger partial charge in [-0.25, -0.2) is 13.1 Å². The van der Waals surface area contributed by atoms with Crippen molar-refractivity contribution in [2.75, 3.05) is 12.4 Å². The van der Waals surface area contributed by atoms with Gasteiger partial charge in [0.15, 0.2) is 0 Å². The Balaban J connectivity index is 2.78. The van der Waals surface area contributed by atoms with Crippen molar-refractivity contribution < 1.29 is 8.42 Å². The van der Waals surface area contributed by atoms with Crippen LogP contribution in [0.4, 0.5) is 0 Å². The molecule has 0 heterocycles. The second-order valence-electron chi connectivity index (χ2n) is 3.93. The van der Waals surface area contributed by atoms with E-state index in [1.165, 1.54) is 0 Å². The average molecular weight is 262 g/mol. The number of nitrogens with one attached hydrogen (secondary N) is 1. The molecule has 5 heteroatoms. The monoisotopic (exact) mass is 261 g/mol. The summed E-state index contributed by atoms with van der Waals surface area (Å²) in [6.45, 7) is 4.12. The summed E-state index contributed by atoms with van der Waals surface area (Å²) in [5.41, 5.74) is 0.924. The Hall–Kier alpha value is -0.580. The molecule has 0 radical (unpaired) electrons. The van der Waals surface area contributed by atoms with E-state index in [0.29, 0.717) is 17.3 Å². The zero-order chi connectivity index (χ0) is 12.2. The maximum Gasteiger partial charge on any atom is 0.240 e. The van der Waals surface area contributed by atoms with Crippen LogP contribution in [0.5, 0.6) is 0 Å². The van der Waals surface area contributed by atoms with Crippen molar-refractivity contribution in [3.05, 3.63) is 29.8 Å². The highest BCUT2D eigenvalue weighted by Crippen LogP contribution is 2.11. The molecule has 0 aromatic heterocycles. The molecule has 0 aliphatic rings. The van der Waals surface area contributed by atoms with Crippen LogP contribution in [0.1, 0.15) is 12.5 Å². The molecule has 1 rings (SSSR count). The number of sulfonamides is 1. The van der Waals surface area contributed by atoms with Gasteiger partial charge >= 0.3 is 0 Å². The van der Waals surface area contributed by atoms with Crippen LogP contribution in [-0.4, -0.2) is 20.8 Å². The summed E-state index contributed by atoms with van der Waals surface area (Å²) in [7, 11) is -3.40. The fraction of sp³-hybridized carbons (Fsp3) is 0.455. The third-order valence-electron chi connectivity index (χ3n) is 2.19. The van der Waals surface area contributed by atoms with Crippen LogP contribution in [0.2, 0.25) is 0 Å². The minimum absolute atomic E-state index is 0.126. The van der Waals surface area contributed by atoms with Gasteiger partial charge in [-0.05, 0) is 30.5 Å². The normalized spacial score (nSPS) is 13.7. The molecular weight excluding hydrogens is 246 g/mol.